The van der Waals surface area contributed by atoms with Gasteiger partial charge in [-0.1, -0.05) is 36.7 Å². The first-order valence-electron chi connectivity index (χ1n) is 6.43. The lowest BCUT2D eigenvalue weighted by Crippen LogP contribution is -1.98. The lowest BCUT2D eigenvalue weighted by molar-refractivity contribution is 0.315. The van der Waals surface area contributed by atoms with Crippen LogP contribution < -0.4 is 4.74 Å². The molecule has 4 heteroatoms. The molecule has 106 valence electrons. The molecule has 0 heterocycles. The third-order valence-electron chi connectivity index (χ3n) is 2.85. The van der Waals surface area contributed by atoms with Gasteiger partial charge in [0.1, 0.15) is 5.75 Å². The van der Waals surface area contributed by atoms with E-state index >= 15 is 0 Å². The van der Waals surface area contributed by atoms with Gasteiger partial charge in [-0.25, -0.2) is 0 Å². The van der Waals surface area contributed by atoms with Crippen LogP contribution in [0, 0.1) is 0 Å². The van der Waals surface area contributed by atoms with Crippen LogP contribution in [0.2, 0.25) is 5.02 Å². The van der Waals surface area contributed by atoms with Crippen LogP contribution in [0.25, 0.3) is 0 Å². The molecule has 1 atom stereocenters. The maximum absolute atomic E-state index is 6.51. The lowest BCUT2D eigenvalue weighted by atomic mass is 10.0. The zero-order chi connectivity index (χ0) is 14.5. The minimum Gasteiger partial charge on any atom is -0.492 e. The van der Waals surface area contributed by atoms with Gasteiger partial charge in [0.15, 0.2) is 0 Å². The van der Waals surface area contributed by atoms with E-state index in [2.05, 4.69) is 22.9 Å². The van der Waals surface area contributed by atoms with Crippen LogP contribution in [0.1, 0.15) is 29.8 Å². The van der Waals surface area contributed by atoms with Crippen molar-refractivity contribution in [2.75, 3.05) is 6.61 Å². The largest absolute Gasteiger partial charge is 0.492 e. The van der Waals surface area contributed by atoms with Crippen LogP contribution in [0.5, 0.6) is 5.75 Å². The Morgan fingerprint density at radius 2 is 1.90 bits per heavy atom. The summed E-state index contributed by atoms with van der Waals surface area (Å²) in [6, 6.07) is 13.5. The first-order valence-corrected chi connectivity index (χ1v) is 8.04. The molecule has 0 saturated carbocycles. The highest BCUT2D eigenvalue weighted by molar-refractivity contribution is 9.10. The first kappa shape index (κ1) is 15.7. The smallest absolute Gasteiger partial charge is 0.133 e. The van der Waals surface area contributed by atoms with E-state index in [1.165, 1.54) is 0 Å². The quantitative estimate of drug-likeness (QED) is 0.565. The van der Waals surface area contributed by atoms with Gasteiger partial charge in [0.05, 0.1) is 16.5 Å². The Bertz CT molecular complexity index is 586. The van der Waals surface area contributed by atoms with Crippen molar-refractivity contribution in [2.45, 2.75) is 18.7 Å². The van der Waals surface area contributed by atoms with Gasteiger partial charge >= 0.3 is 0 Å². The van der Waals surface area contributed by atoms with Gasteiger partial charge in [0.25, 0.3) is 0 Å². The molecule has 2 rings (SSSR count). The predicted molar refractivity (Wildman–Crippen MR) is 89.1 cm³/mol. The number of ether oxygens (including phenoxy) is 1. The van der Waals surface area contributed by atoms with Crippen molar-refractivity contribution < 1.29 is 4.74 Å². The van der Waals surface area contributed by atoms with E-state index in [-0.39, 0.29) is 5.38 Å². The molecule has 0 amide bonds. The topological polar surface area (TPSA) is 9.23 Å². The van der Waals surface area contributed by atoms with Crippen LogP contribution >= 0.6 is 39.1 Å². The van der Waals surface area contributed by atoms with E-state index in [0.717, 1.165) is 27.8 Å². The third-order valence-corrected chi connectivity index (χ3v) is 4.21. The van der Waals surface area contributed by atoms with Crippen LogP contribution in [-0.4, -0.2) is 6.61 Å². The van der Waals surface area contributed by atoms with E-state index in [0.29, 0.717) is 11.6 Å². The summed E-state index contributed by atoms with van der Waals surface area (Å²) in [6.07, 6.45) is 0.981. The summed E-state index contributed by atoms with van der Waals surface area (Å²) in [7, 11) is 0. The Kier molecular flexibility index (Phi) is 5.76. The van der Waals surface area contributed by atoms with Gasteiger partial charge in [0.2, 0.25) is 0 Å². The second kappa shape index (κ2) is 7.35. The number of rotatable bonds is 5. The van der Waals surface area contributed by atoms with Crippen molar-refractivity contribution in [1.29, 1.82) is 0 Å². The van der Waals surface area contributed by atoms with Crippen molar-refractivity contribution in [1.82, 2.24) is 0 Å². The fourth-order valence-electron chi connectivity index (χ4n) is 1.86. The molecule has 0 spiro atoms. The molecule has 1 unspecified atom stereocenters. The highest BCUT2D eigenvalue weighted by Crippen LogP contribution is 2.34. The van der Waals surface area contributed by atoms with Crippen molar-refractivity contribution in [2.24, 2.45) is 0 Å². The molecule has 0 aromatic heterocycles. The molecular formula is C16H15BrCl2O. The SMILES string of the molecule is CCCOc1ccc(C(Cl)c2cccc(Cl)c2)cc1Br. The molecule has 1 nitrogen and oxygen atoms in total. The number of benzene rings is 2. The van der Waals surface area contributed by atoms with E-state index < -0.39 is 0 Å². The van der Waals surface area contributed by atoms with E-state index in [4.69, 9.17) is 27.9 Å². The number of hydrogen-bond acceptors (Lipinski definition) is 1. The average molecular weight is 374 g/mol. The molecule has 20 heavy (non-hydrogen) atoms. The van der Waals surface area contributed by atoms with Gasteiger partial charge in [-0.15, -0.1) is 11.6 Å². The van der Waals surface area contributed by atoms with Gasteiger partial charge in [-0.2, -0.15) is 0 Å². The van der Waals surface area contributed by atoms with Crippen molar-refractivity contribution in [3.8, 4) is 5.75 Å². The minimum absolute atomic E-state index is 0.231. The van der Waals surface area contributed by atoms with Crippen LogP contribution in [0.15, 0.2) is 46.9 Å². The van der Waals surface area contributed by atoms with Crippen molar-refractivity contribution >= 4 is 39.1 Å². The second-order valence-electron chi connectivity index (χ2n) is 4.46. The van der Waals surface area contributed by atoms with Gasteiger partial charge in [-0.3, -0.25) is 0 Å². The summed E-state index contributed by atoms with van der Waals surface area (Å²) in [5, 5.41) is 0.459. The Balaban J connectivity index is 2.22. The molecule has 0 N–H and O–H groups in total. The summed E-state index contributed by atoms with van der Waals surface area (Å²) in [5.74, 6) is 0.838. The Morgan fingerprint density at radius 1 is 1.15 bits per heavy atom. The third kappa shape index (κ3) is 3.91. The molecule has 0 radical (unpaired) electrons. The Morgan fingerprint density at radius 3 is 2.55 bits per heavy atom. The molecule has 0 aliphatic carbocycles. The standard InChI is InChI=1S/C16H15BrCl2O/c1-2-8-20-15-7-6-12(10-14(15)17)16(19)11-4-3-5-13(18)9-11/h3-7,9-10,16H,2,8H2,1H3. The van der Waals surface area contributed by atoms with Gasteiger partial charge < -0.3 is 4.74 Å². The number of halogens is 3. The normalized spacial score (nSPS) is 12.2. The zero-order valence-electron chi connectivity index (χ0n) is 11.1. The van der Waals surface area contributed by atoms with Crippen LogP contribution in [0.4, 0.5) is 0 Å². The fraction of sp³-hybridized carbons (Fsp3) is 0.250. The van der Waals surface area contributed by atoms with Gasteiger partial charge in [-0.05, 0) is 57.7 Å². The summed E-state index contributed by atoms with van der Waals surface area (Å²) in [6.45, 7) is 2.78. The summed E-state index contributed by atoms with van der Waals surface area (Å²) < 4.78 is 6.55. The highest BCUT2D eigenvalue weighted by atomic mass is 79.9. The average Bonchev–Trinajstić information content (AvgIpc) is 2.45. The van der Waals surface area contributed by atoms with Gasteiger partial charge in [0, 0.05) is 5.02 Å². The maximum Gasteiger partial charge on any atom is 0.133 e. The molecule has 0 saturated heterocycles. The van der Waals surface area contributed by atoms with Crippen molar-refractivity contribution in [3.63, 3.8) is 0 Å². The Labute approximate surface area is 138 Å². The second-order valence-corrected chi connectivity index (χ2v) is 6.18. The molecule has 0 aliphatic rings. The molecule has 0 aliphatic heterocycles. The summed E-state index contributed by atoms with van der Waals surface area (Å²) >= 11 is 16.0. The zero-order valence-corrected chi connectivity index (χ0v) is 14.2. The van der Waals surface area contributed by atoms with E-state index in [9.17, 15) is 0 Å². The van der Waals surface area contributed by atoms with Crippen LogP contribution in [0.3, 0.4) is 0 Å². The summed E-state index contributed by atoms with van der Waals surface area (Å²) in [5.41, 5.74) is 1.98. The van der Waals surface area contributed by atoms with Crippen LogP contribution in [-0.2, 0) is 0 Å². The molecule has 2 aromatic carbocycles. The first-order chi connectivity index (χ1) is 9.61. The number of alkyl halides is 1. The Hall–Kier alpha value is -0.700. The fourth-order valence-corrected chi connectivity index (χ4v) is 2.84. The molecule has 0 fully saturated rings. The number of hydrogen-bond donors (Lipinski definition) is 0. The van der Waals surface area contributed by atoms with E-state index in [1.807, 2.05) is 42.5 Å². The predicted octanol–water partition coefficient (Wildman–Crippen LogP) is 6.22. The summed E-state index contributed by atoms with van der Waals surface area (Å²) in [4.78, 5) is 0. The molecule has 2 aromatic rings. The maximum atomic E-state index is 6.51. The van der Waals surface area contributed by atoms with Crippen molar-refractivity contribution in [3.05, 3.63) is 63.1 Å². The molecule has 0 bridgehead atoms. The molecular weight excluding hydrogens is 359 g/mol. The lowest BCUT2D eigenvalue weighted by Gasteiger charge is -2.13. The van der Waals surface area contributed by atoms with E-state index in [1.54, 1.807) is 0 Å². The highest BCUT2D eigenvalue weighted by Gasteiger charge is 2.13. The monoisotopic (exact) mass is 372 g/mol. The minimum atomic E-state index is -0.231.